The van der Waals surface area contributed by atoms with E-state index in [9.17, 15) is 4.79 Å². The van der Waals surface area contributed by atoms with Crippen molar-refractivity contribution in [3.05, 3.63) is 68.8 Å². The molecule has 1 N–H and O–H groups in total. The van der Waals surface area contributed by atoms with Crippen molar-refractivity contribution in [2.75, 3.05) is 0 Å². The normalized spacial score (nSPS) is 10.9. The number of ketones is 1. The van der Waals surface area contributed by atoms with Gasteiger partial charge in [-0.05, 0) is 36.8 Å². The van der Waals surface area contributed by atoms with Crippen molar-refractivity contribution in [2.24, 2.45) is 0 Å². The van der Waals surface area contributed by atoms with Crippen molar-refractivity contribution in [3.8, 4) is 0 Å². The van der Waals surface area contributed by atoms with Gasteiger partial charge in [0.05, 0.1) is 0 Å². The number of aromatic amines is 1. The smallest absolute Gasteiger partial charge is 0.195 e. The van der Waals surface area contributed by atoms with E-state index in [1.807, 2.05) is 31.2 Å². The zero-order valence-electron chi connectivity index (χ0n) is 10.7. The summed E-state index contributed by atoms with van der Waals surface area (Å²) < 4.78 is 0.977. The topological polar surface area (TPSA) is 32.9 Å². The molecule has 3 aromatic rings. The monoisotopic (exact) mass is 347 g/mol. The average Bonchev–Trinajstić information content (AvgIpc) is 2.83. The summed E-state index contributed by atoms with van der Waals surface area (Å²) in [5.74, 6) is -0.0152. The van der Waals surface area contributed by atoms with Crippen molar-refractivity contribution in [3.63, 3.8) is 0 Å². The fraction of sp³-hybridized carbons (Fsp3) is 0.0625. The molecule has 0 radical (unpaired) electrons. The average molecular weight is 349 g/mol. The third kappa shape index (κ3) is 2.28. The Hall–Kier alpha value is -1.58. The van der Waals surface area contributed by atoms with E-state index in [-0.39, 0.29) is 5.78 Å². The van der Waals surface area contributed by atoms with Crippen LogP contribution < -0.4 is 0 Å². The minimum absolute atomic E-state index is 0.0152. The van der Waals surface area contributed by atoms with Gasteiger partial charge in [-0.25, -0.2) is 0 Å². The first-order valence-electron chi connectivity index (χ1n) is 6.14. The predicted octanol–water partition coefficient (Wildman–Crippen LogP) is 5.12. The molecule has 20 heavy (non-hydrogen) atoms. The van der Waals surface area contributed by atoms with Crippen LogP contribution in [0.25, 0.3) is 10.9 Å². The first-order chi connectivity index (χ1) is 9.56. The lowest BCUT2D eigenvalue weighted by molar-refractivity contribution is 0.104. The minimum Gasteiger partial charge on any atom is -0.360 e. The Morgan fingerprint density at radius 2 is 1.95 bits per heavy atom. The molecule has 0 bridgehead atoms. The second-order valence-electron chi connectivity index (χ2n) is 4.68. The molecule has 0 unspecified atom stereocenters. The number of nitrogens with one attached hydrogen (secondary N) is 1. The number of benzene rings is 2. The van der Waals surface area contributed by atoms with Crippen molar-refractivity contribution >= 4 is 44.2 Å². The fourth-order valence-electron chi connectivity index (χ4n) is 2.27. The van der Waals surface area contributed by atoms with Gasteiger partial charge in [0.25, 0.3) is 0 Å². The largest absolute Gasteiger partial charge is 0.360 e. The fourth-order valence-corrected chi connectivity index (χ4v) is 2.80. The zero-order chi connectivity index (χ0) is 14.3. The van der Waals surface area contributed by atoms with E-state index in [2.05, 4.69) is 20.9 Å². The van der Waals surface area contributed by atoms with Crippen molar-refractivity contribution < 1.29 is 4.79 Å². The Balaban J connectivity index is 2.15. The summed E-state index contributed by atoms with van der Waals surface area (Å²) in [7, 11) is 0. The van der Waals surface area contributed by atoms with Crippen LogP contribution in [0, 0.1) is 6.92 Å². The van der Waals surface area contributed by atoms with Crippen LogP contribution in [0.3, 0.4) is 0 Å². The molecule has 100 valence electrons. The summed E-state index contributed by atoms with van der Waals surface area (Å²) in [5.41, 5.74) is 3.16. The van der Waals surface area contributed by atoms with E-state index < -0.39 is 0 Å². The highest BCUT2D eigenvalue weighted by Crippen LogP contribution is 2.26. The van der Waals surface area contributed by atoms with E-state index in [1.165, 1.54) is 0 Å². The number of aryl methyl sites for hydroxylation is 1. The molecule has 3 rings (SSSR count). The number of H-pyrrole nitrogens is 1. The molecule has 0 saturated carbocycles. The van der Waals surface area contributed by atoms with Gasteiger partial charge in [-0.15, -0.1) is 0 Å². The number of hydrogen-bond acceptors (Lipinski definition) is 1. The van der Waals surface area contributed by atoms with Gasteiger partial charge in [0.2, 0.25) is 0 Å². The molecule has 0 amide bonds. The van der Waals surface area contributed by atoms with E-state index in [0.717, 1.165) is 20.9 Å². The van der Waals surface area contributed by atoms with Gasteiger partial charge >= 0.3 is 0 Å². The van der Waals surface area contributed by atoms with Crippen LogP contribution in [-0.2, 0) is 0 Å². The quantitative estimate of drug-likeness (QED) is 0.640. The van der Waals surface area contributed by atoms with E-state index in [4.69, 9.17) is 11.6 Å². The third-order valence-electron chi connectivity index (χ3n) is 3.33. The molecule has 0 spiro atoms. The van der Waals surface area contributed by atoms with Crippen LogP contribution in [0.2, 0.25) is 5.02 Å². The molecule has 1 heterocycles. The number of carbonyl (C=O) groups is 1. The molecule has 4 heteroatoms. The van der Waals surface area contributed by atoms with Crippen LogP contribution in [0.15, 0.2) is 47.1 Å². The van der Waals surface area contributed by atoms with Crippen LogP contribution in [0.5, 0.6) is 0 Å². The first kappa shape index (κ1) is 13.4. The number of rotatable bonds is 2. The van der Waals surface area contributed by atoms with E-state index in [1.54, 1.807) is 18.3 Å². The molecule has 2 aromatic carbocycles. The Labute approximate surface area is 129 Å². The maximum absolute atomic E-state index is 12.7. The Morgan fingerprint density at radius 1 is 1.15 bits per heavy atom. The number of fused-ring (bicyclic) bond motifs is 1. The molecule has 0 saturated heterocycles. The molecule has 2 nitrogen and oxygen atoms in total. The lowest BCUT2D eigenvalue weighted by Crippen LogP contribution is -2.02. The van der Waals surface area contributed by atoms with Gasteiger partial charge in [0.15, 0.2) is 5.78 Å². The minimum atomic E-state index is -0.0152. The SMILES string of the molecule is Cc1ccc(Cl)cc1C(=O)c1c[nH]c2cc(Br)ccc12. The van der Waals surface area contributed by atoms with Crippen molar-refractivity contribution in [1.29, 1.82) is 0 Å². The molecule has 1 aromatic heterocycles. The Kier molecular flexibility index (Phi) is 3.40. The molecule has 0 atom stereocenters. The highest BCUT2D eigenvalue weighted by Gasteiger charge is 2.16. The van der Waals surface area contributed by atoms with Crippen LogP contribution in [-0.4, -0.2) is 10.8 Å². The molecule has 0 aliphatic heterocycles. The Bertz CT molecular complexity index is 822. The summed E-state index contributed by atoms with van der Waals surface area (Å²) in [6.07, 6.45) is 1.75. The van der Waals surface area contributed by atoms with Gasteiger partial charge in [0.1, 0.15) is 0 Å². The maximum Gasteiger partial charge on any atom is 0.195 e. The predicted molar refractivity (Wildman–Crippen MR) is 85.6 cm³/mol. The molecule has 0 aliphatic rings. The third-order valence-corrected chi connectivity index (χ3v) is 4.06. The molecule has 0 aliphatic carbocycles. The number of hydrogen-bond donors (Lipinski definition) is 1. The second kappa shape index (κ2) is 5.08. The lowest BCUT2D eigenvalue weighted by atomic mass is 9.99. The van der Waals surface area contributed by atoms with Gasteiger partial charge in [-0.2, -0.15) is 0 Å². The molecular weight excluding hydrogens is 338 g/mol. The first-order valence-corrected chi connectivity index (χ1v) is 7.31. The summed E-state index contributed by atoms with van der Waals surface area (Å²) >= 11 is 9.42. The lowest BCUT2D eigenvalue weighted by Gasteiger charge is -2.05. The van der Waals surface area contributed by atoms with Crippen molar-refractivity contribution in [2.45, 2.75) is 6.92 Å². The number of halogens is 2. The van der Waals surface area contributed by atoms with E-state index in [0.29, 0.717) is 16.1 Å². The van der Waals surface area contributed by atoms with Gasteiger partial charge in [-0.1, -0.05) is 39.7 Å². The highest BCUT2D eigenvalue weighted by molar-refractivity contribution is 9.10. The zero-order valence-corrected chi connectivity index (χ0v) is 13.0. The second-order valence-corrected chi connectivity index (χ2v) is 6.03. The van der Waals surface area contributed by atoms with Crippen molar-refractivity contribution in [1.82, 2.24) is 4.98 Å². The Morgan fingerprint density at radius 3 is 2.75 bits per heavy atom. The number of aromatic nitrogens is 1. The van der Waals surface area contributed by atoms with Gasteiger partial charge < -0.3 is 4.98 Å². The molecular formula is C16H11BrClNO. The summed E-state index contributed by atoms with van der Waals surface area (Å²) in [5, 5.41) is 1.49. The summed E-state index contributed by atoms with van der Waals surface area (Å²) in [6, 6.07) is 11.2. The maximum atomic E-state index is 12.7. The summed E-state index contributed by atoms with van der Waals surface area (Å²) in [6.45, 7) is 1.91. The van der Waals surface area contributed by atoms with Gasteiger partial charge in [0, 0.05) is 37.7 Å². The standard InChI is InChI=1S/C16H11BrClNO/c1-9-2-4-11(18)7-13(9)16(20)14-8-19-15-6-10(17)3-5-12(14)15/h2-8,19H,1H3. The van der Waals surface area contributed by atoms with Crippen LogP contribution in [0.1, 0.15) is 21.5 Å². The van der Waals surface area contributed by atoms with Crippen LogP contribution in [0.4, 0.5) is 0 Å². The van der Waals surface area contributed by atoms with Gasteiger partial charge in [-0.3, -0.25) is 4.79 Å². The highest BCUT2D eigenvalue weighted by atomic mass is 79.9. The number of carbonyl (C=O) groups excluding carboxylic acids is 1. The van der Waals surface area contributed by atoms with Crippen LogP contribution >= 0.6 is 27.5 Å². The van der Waals surface area contributed by atoms with E-state index >= 15 is 0 Å². The summed E-state index contributed by atoms with van der Waals surface area (Å²) in [4.78, 5) is 15.8. The molecule has 0 fully saturated rings.